The number of ether oxygens (including phenoxy) is 1. The Hall–Kier alpha value is -1.36. The quantitative estimate of drug-likeness (QED) is 0.771. The van der Waals surface area contributed by atoms with Gasteiger partial charge in [0.2, 0.25) is 0 Å². The molecule has 5 heteroatoms. The largest absolute Gasteiger partial charge is 0.465 e. The molecule has 0 atom stereocenters. The Balaban J connectivity index is 2.86. The van der Waals surface area contributed by atoms with Crippen molar-refractivity contribution in [1.29, 1.82) is 0 Å². The van der Waals surface area contributed by atoms with Crippen LogP contribution in [0.4, 0.5) is 0 Å². The smallest absolute Gasteiger partial charge is 0.337 e. The van der Waals surface area contributed by atoms with Gasteiger partial charge in [-0.1, -0.05) is 12.1 Å². The zero-order valence-electron chi connectivity index (χ0n) is 10.1. The molecule has 0 aromatic heterocycles. The lowest BCUT2D eigenvalue weighted by Crippen LogP contribution is -2.16. The maximum atomic E-state index is 11.7. The number of esters is 1. The molecule has 4 nitrogen and oxygen atoms in total. The van der Waals surface area contributed by atoms with Gasteiger partial charge in [-0.2, -0.15) is 0 Å². The minimum atomic E-state index is -3.11. The van der Waals surface area contributed by atoms with Gasteiger partial charge >= 0.3 is 5.97 Å². The third kappa shape index (κ3) is 3.56. The summed E-state index contributed by atoms with van der Waals surface area (Å²) in [7, 11) is -1.80. The Morgan fingerprint density at radius 3 is 2.18 bits per heavy atom. The molecule has 1 aromatic carbocycles. The van der Waals surface area contributed by atoms with Crippen molar-refractivity contribution < 1.29 is 17.9 Å². The molecule has 0 radical (unpaired) electrons. The van der Waals surface area contributed by atoms with Gasteiger partial charge in [-0.05, 0) is 31.5 Å². The Morgan fingerprint density at radius 1 is 1.24 bits per heavy atom. The number of hydrogen-bond donors (Lipinski definition) is 0. The topological polar surface area (TPSA) is 60.4 Å². The lowest BCUT2D eigenvalue weighted by molar-refractivity contribution is 0.0600. The van der Waals surface area contributed by atoms with Crippen molar-refractivity contribution in [2.24, 2.45) is 0 Å². The summed E-state index contributed by atoms with van der Waals surface area (Å²) in [5.74, 6) is -0.435. The van der Waals surface area contributed by atoms with Gasteiger partial charge < -0.3 is 4.74 Å². The van der Waals surface area contributed by atoms with Gasteiger partial charge in [0, 0.05) is 0 Å². The molecule has 0 saturated heterocycles. The Bertz CT molecular complexity index is 486. The molecule has 0 heterocycles. The molecular formula is C12H16O4S. The third-order valence-electron chi connectivity index (χ3n) is 2.46. The van der Waals surface area contributed by atoms with Gasteiger partial charge in [0.25, 0.3) is 0 Å². The minimum Gasteiger partial charge on any atom is -0.465 e. The molecule has 0 aliphatic carbocycles. The van der Waals surface area contributed by atoms with E-state index in [4.69, 9.17) is 0 Å². The highest BCUT2D eigenvalue weighted by molar-refractivity contribution is 7.91. The molecule has 0 aliphatic heterocycles. The van der Waals surface area contributed by atoms with Crippen LogP contribution in [0.15, 0.2) is 24.3 Å². The number of carbonyl (C=O) groups is 1. The van der Waals surface area contributed by atoms with Gasteiger partial charge in [0.15, 0.2) is 9.84 Å². The highest BCUT2D eigenvalue weighted by Gasteiger charge is 2.16. The molecule has 0 saturated carbocycles. The van der Waals surface area contributed by atoms with Crippen LogP contribution < -0.4 is 0 Å². The summed E-state index contributed by atoms with van der Waals surface area (Å²) in [5, 5.41) is -0.400. The van der Waals surface area contributed by atoms with Crippen molar-refractivity contribution in [3.63, 3.8) is 0 Å². The number of hydrogen-bond acceptors (Lipinski definition) is 4. The van der Waals surface area contributed by atoms with Crippen LogP contribution in [0.25, 0.3) is 0 Å². The summed E-state index contributed by atoms with van der Waals surface area (Å²) in [6.07, 6.45) is 0. The van der Waals surface area contributed by atoms with Crippen LogP contribution in [0, 0.1) is 0 Å². The molecule has 94 valence electrons. The number of rotatable bonds is 4. The van der Waals surface area contributed by atoms with Crippen LogP contribution in [0.1, 0.15) is 29.8 Å². The lowest BCUT2D eigenvalue weighted by atomic mass is 10.1. The highest BCUT2D eigenvalue weighted by Crippen LogP contribution is 2.12. The Labute approximate surface area is 102 Å². The molecule has 0 bridgehead atoms. The molecule has 0 unspecified atom stereocenters. The normalized spacial score (nSPS) is 11.5. The molecule has 1 aromatic rings. The predicted molar refractivity (Wildman–Crippen MR) is 65.5 cm³/mol. The van der Waals surface area contributed by atoms with E-state index in [9.17, 15) is 13.2 Å². The van der Waals surface area contributed by atoms with Crippen LogP contribution in [-0.4, -0.2) is 26.7 Å². The lowest BCUT2D eigenvalue weighted by Gasteiger charge is -2.07. The number of carbonyl (C=O) groups excluding carboxylic acids is 1. The van der Waals surface area contributed by atoms with Gasteiger partial charge in [-0.25, -0.2) is 13.2 Å². The standard InChI is InChI=1S/C12H16O4S/c1-9(2)17(14,15)8-10-4-6-11(7-5-10)12(13)16-3/h4-7,9H,8H2,1-3H3. The number of methoxy groups -OCH3 is 1. The summed E-state index contributed by atoms with van der Waals surface area (Å²) in [5.41, 5.74) is 1.09. The van der Waals surface area contributed by atoms with Crippen LogP contribution in [0.3, 0.4) is 0 Å². The van der Waals surface area contributed by atoms with E-state index in [0.717, 1.165) is 0 Å². The van der Waals surface area contributed by atoms with Crippen molar-refractivity contribution in [3.05, 3.63) is 35.4 Å². The fourth-order valence-electron chi connectivity index (χ4n) is 1.25. The zero-order valence-corrected chi connectivity index (χ0v) is 11.0. The van der Waals surface area contributed by atoms with E-state index in [1.165, 1.54) is 7.11 Å². The fraction of sp³-hybridized carbons (Fsp3) is 0.417. The predicted octanol–water partition coefficient (Wildman–Crippen LogP) is 1.80. The molecule has 17 heavy (non-hydrogen) atoms. The van der Waals surface area contributed by atoms with E-state index in [2.05, 4.69) is 4.74 Å². The third-order valence-corrected chi connectivity index (χ3v) is 4.63. The monoisotopic (exact) mass is 256 g/mol. The van der Waals surface area contributed by atoms with Crippen molar-refractivity contribution in [1.82, 2.24) is 0 Å². The van der Waals surface area contributed by atoms with E-state index < -0.39 is 21.1 Å². The second kappa shape index (κ2) is 5.31. The van der Waals surface area contributed by atoms with E-state index >= 15 is 0 Å². The molecular weight excluding hydrogens is 240 g/mol. The van der Waals surface area contributed by atoms with E-state index in [1.807, 2.05) is 0 Å². The first kappa shape index (κ1) is 13.7. The summed E-state index contributed by atoms with van der Waals surface area (Å²) in [6, 6.07) is 6.40. The molecule has 1 rings (SSSR count). The molecule has 0 fully saturated rings. The Kier molecular flexibility index (Phi) is 4.28. The van der Waals surface area contributed by atoms with Crippen LogP contribution in [0.5, 0.6) is 0 Å². The first-order chi connectivity index (χ1) is 7.86. The Morgan fingerprint density at radius 2 is 1.76 bits per heavy atom. The van der Waals surface area contributed by atoms with Crippen molar-refractivity contribution >= 4 is 15.8 Å². The maximum Gasteiger partial charge on any atom is 0.337 e. The second-order valence-corrected chi connectivity index (χ2v) is 6.60. The first-order valence-electron chi connectivity index (χ1n) is 5.25. The number of sulfone groups is 1. The van der Waals surface area contributed by atoms with Gasteiger partial charge in [0.1, 0.15) is 0 Å². The highest BCUT2D eigenvalue weighted by atomic mass is 32.2. The molecule has 0 spiro atoms. The summed E-state index contributed by atoms with van der Waals surface area (Å²) >= 11 is 0. The van der Waals surface area contributed by atoms with E-state index in [0.29, 0.717) is 11.1 Å². The molecule has 0 N–H and O–H groups in total. The van der Waals surface area contributed by atoms with Crippen LogP contribution >= 0.6 is 0 Å². The fourth-order valence-corrected chi connectivity index (χ4v) is 2.24. The average Bonchev–Trinajstić information content (AvgIpc) is 2.28. The molecule has 0 amide bonds. The average molecular weight is 256 g/mol. The van der Waals surface area contributed by atoms with Gasteiger partial charge in [-0.3, -0.25) is 0 Å². The van der Waals surface area contributed by atoms with Gasteiger partial charge in [-0.15, -0.1) is 0 Å². The minimum absolute atomic E-state index is 0.00782. The summed E-state index contributed by atoms with van der Waals surface area (Å²) < 4.78 is 27.9. The van der Waals surface area contributed by atoms with Crippen LogP contribution in [-0.2, 0) is 20.3 Å². The second-order valence-electron chi connectivity index (χ2n) is 4.04. The van der Waals surface area contributed by atoms with Crippen LogP contribution in [0.2, 0.25) is 0 Å². The maximum absolute atomic E-state index is 11.7. The van der Waals surface area contributed by atoms with E-state index in [1.54, 1.807) is 38.1 Å². The van der Waals surface area contributed by atoms with E-state index in [-0.39, 0.29) is 5.75 Å². The first-order valence-corrected chi connectivity index (χ1v) is 6.97. The van der Waals surface area contributed by atoms with Crippen molar-refractivity contribution in [2.75, 3.05) is 7.11 Å². The number of benzene rings is 1. The van der Waals surface area contributed by atoms with Crippen molar-refractivity contribution in [2.45, 2.75) is 24.9 Å². The van der Waals surface area contributed by atoms with Gasteiger partial charge in [0.05, 0.1) is 23.7 Å². The summed E-state index contributed by atoms with van der Waals surface area (Å²) in [6.45, 7) is 3.30. The molecule has 0 aliphatic rings. The zero-order chi connectivity index (χ0) is 13.1. The SMILES string of the molecule is COC(=O)c1ccc(CS(=O)(=O)C(C)C)cc1. The summed E-state index contributed by atoms with van der Waals surface area (Å²) in [4.78, 5) is 11.2. The van der Waals surface area contributed by atoms with Crippen molar-refractivity contribution in [3.8, 4) is 0 Å².